The number of benzene rings is 1. The number of rotatable bonds is 2. The quantitative estimate of drug-likeness (QED) is 0.713. The molecule has 19 heavy (non-hydrogen) atoms. The van der Waals surface area contributed by atoms with E-state index in [9.17, 15) is 4.79 Å². The van der Waals surface area contributed by atoms with E-state index >= 15 is 0 Å². The van der Waals surface area contributed by atoms with E-state index in [-0.39, 0.29) is 5.78 Å². The Hall–Kier alpha value is -1.65. The van der Waals surface area contributed by atoms with E-state index < -0.39 is 0 Å². The van der Waals surface area contributed by atoms with Gasteiger partial charge in [0.1, 0.15) is 0 Å². The second kappa shape index (κ2) is 4.79. The van der Waals surface area contributed by atoms with E-state index in [0.29, 0.717) is 16.1 Å². The summed E-state index contributed by atoms with van der Waals surface area (Å²) in [7, 11) is 0. The normalized spacial score (nSPS) is 10.8. The highest BCUT2D eigenvalue weighted by Gasteiger charge is 2.16. The molecule has 94 valence electrons. The average molecular weight is 336 g/mol. The van der Waals surface area contributed by atoms with Gasteiger partial charge >= 0.3 is 0 Å². The maximum Gasteiger partial charge on any atom is 0.196 e. The Morgan fingerprint density at radius 1 is 1.26 bits per heavy atom. The molecular formula is C14H8BrClN2O. The molecule has 0 aliphatic heterocycles. The van der Waals surface area contributed by atoms with Gasteiger partial charge in [0.05, 0.1) is 5.02 Å². The van der Waals surface area contributed by atoms with Gasteiger partial charge in [-0.1, -0.05) is 27.5 Å². The Morgan fingerprint density at radius 2 is 2.11 bits per heavy atom. The highest BCUT2D eigenvalue weighted by atomic mass is 79.9. The highest BCUT2D eigenvalue weighted by molar-refractivity contribution is 9.10. The van der Waals surface area contributed by atoms with Crippen molar-refractivity contribution >= 4 is 44.2 Å². The van der Waals surface area contributed by atoms with E-state index in [1.165, 1.54) is 0 Å². The van der Waals surface area contributed by atoms with E-state index in [1.54, 1.807) is 36.8 Å². The van der Waals surface area contributed by atoms with Crippen LogP contribution < -0.4 is 0 Å². The minimum atomic E-state index is -0.114. The zero-order chi connectivity index (χ0) is 13.4. The minimum absolute atomic E-state index is 0.114. The van der Waals surface area contributed by atoms with Gasteiger partial charge in [-0.2, -0.15) is 0 Å². The lowest BCUT2D eigenvalue weighted by Crippen LogP contribution is -2.01. The number of carbonyl (C=O) groups excluding carboxylic acids is 1. The first-order valence-corrected chi connectivity index (χ1v) is 6.75. The molecular weight excluding hydrogens is 328 g/mol. The summed E-state index contributed by atoms with van der Waals surface area (Å²) in [5, 5.41) is 1.23. The van der Waals surface area contributed by atoms with Gasteiger partial charge in [-0.25, -0.2) is 0 Å². The summed E-state index contributed by atoms with van der Waals surface area (Å²) in [6.07, 6.45) is 5.04. The summed E-state index contributed by atoms with van der Waals surface area (Å²) in [5.74, 6) is -0.114. The van der Waals surface area contributed by atoms with Gasteiger partial charge in [0, 0.05) is 45.1 Å². The fraction of sp³-hybridized carbons (Fsp3) is 0. The van der Waals surface area contributed by atoms with Crippen LogP contribution in [0.15, 0.2) is 47.3 Å². The van der Waals surface area contributed by atoms with Crippen LogP contribution in [0.2, 0.25) is 5.02 Å². The SMILES string of the molecule is O=C(c1ccc(Br)cc1Cl)c1c[nH]c2ccncc12. The third-order valence-corrected chi connectivity index (χ3v) is 3.71. The summed E-state index contributed by atoms with van der Waals surface area (Å²) >= 11 is 9.44. The van der Waals surface area contributed by atoms with E-state index in [4.69, 9.17) is 11.6 Å². The first-order chi connectivity index (χ1) is 9.16. The van der Waals surface area contributed by atoms with Crippen molar-refractivity contribution < 1.29 is 4.79 Å². The molecule has 0 saturated heterocycles. The van der Waals surface area contributed by atoms with Crippen molar-refractivity contribution in [3.8, 4) is 0 Å². The van der Waals surface area contributed by atoms with Gasteiger partial charge in [0.2, 0.25) is 0 Å². The molecule has 0 aliphatic carbocycles. The van der Waals surface area contributed by atoms with Gasteiger partial charge in [-0.3, -0.25) is 9.78 Å². The average Bonchev–Trinajstić information content (AvgIpc) is 2.82. The topological polar surface area (TPSA) is 45.8 Å². The second-order valence-electron chi connectivity index (χ2n) is 4.08. The van der Waals surface area contributed by atoms with Crippen LogP contribution in [0, 0.1) is 0 Å². The molecule has 0 radical (unpaired) electrons. The minimum Gasteiger partial charge on any atom is -0.360 e. The lowest BCUT2D eigenvalue weighted by molar-refractivity contribution is 0.104. The number of aromatic nitrogens is 2. The summed E-state index contributed by atoms with van der Waals surface area (Å²) < 4.78 is 0.842. The van der Waals surface area contributed by atoms with Crippen LogP contribution in [-0.4, -0.2) is 15.8 Å². The van der Waals surface area contributed by atoms with Gasteiger partial charge in [-0.05, 0) is 24.3 Å². The van der Waals surface area contributed by atoms with Crippen LogP contribution >= 0.6 is 27.5 Å². The number of nitrogens with one attached hydrogen (secondary N) is 1. The lowest BCUT2D eigenvalue weighted by atomic mass is 10.0. The van der Waals surface area contributed by atoms with Crippen molar-refractivity contribution in [3.63, 3.8) is 0 Å². The maximum atomic E-state index is 12.5. The number of ketones is 1. The first kappa shape index (κ1) is 12.4. The number of carbonyl (C=O) groups is 1. The molecule has 0 saturated carbocycles. The van der Waals surface area contributed by atoms with Crippen LogP contribution in [0.1, 0.15) is 15.9 Å². The molecule has 3 nitrogen and oxygen atoms in total. The molecule has 2 aromatic heterocycles. The zero-order valence-corrected chi connectivity index (χ0v) is 12.0. The smallest absolute Gasteiger partial charge is 0.196 e. The van der Waals surface area contributed by atoms with Crippen LogP contribution in [0.5, 0.6) is 0 Å². The number of nitrogens with zero attached hydrogens (tertiary/aromatic N) is 1. The van der Waals surface area contributed by atoms with Crippen LogP contribution in [0.3, 0.4) is 0 Å². The number of hydrogen-bond acceptors (Lipinski definition) is 2. The Labute approximate surface area is 122 Å². The lowest BCUT2D eigenvalue weighted by Gasteiger charge is -2.03. The predicted molar refractivity (Wildman–Crippen MR) is 78.7 cm³/mol. The molecule has 3 aromatic rings. The van der Waals surface area contributed by atoms with Gasteiger partial charge < -0.3 is 4.98 Å². The molecule has 0 unspecified atom stereocenters. The van der Waals surface area contributed by atoms with E-state index in [1.807, 2.05) is 6.07 Å². The fourth-order valence-electron chi connectivity index (χ4n) is 1.97. The van der Waals surface area contributed by atoms with Gasteiger partial charge in [-0.15, -0.1) is 0 Å². The molecule has 5 heteroatoms. The molecule has 1 N–H and O–H groups in total. The van der Waals surface area contributed by atoms with Crippen molar-refractivity contribution in [2.24, 2.45) is 0 Å². The van der Waals surface area contributed by atoms with Crippen molar-refractivity contribution in [3.05, 3.63) is 63.5 Å². The fourth-order valence-corrected chi connectivity index (χ4v) is 2.73. The Bertz CT molecular complexity index is 782. The maximum absolute atomic E-state index is 12.5. The zero-order valence-electron chi connectivity index (χ0n) is 9.65. The molecule has 3 rings (SSSR count). The standard InChI is InChI=1S/C14H8BrClN2O/c15-8-1-2-9(12(16)5-8)14(19)11-7-18-13-3-4-17-6-10(11)13/h1-7,18H. The largest absolute Gasteiger partial charge is 0.360 e. The highest BCUT2D eigenvalue weighted by Crippen LogP contribution is 2.26. The van der Waals surface area contributed by atoms with Crippen LogP contribution in [0.25, 0.3) is 10.9 Å². The summed E-state index contributed by atoms with van der Waals surface area (Å²) in [6.45, 7) is 0. The molecule has 0 amide bonds. The Kier molecular flexibility index (Phi) is 3.12. The van der Waals surface area contributed by atoms with Crippen molar-refractivity contribution in [2.45, 2.75) is 0 Å². The molecule has 2 heterocycles. The summed E-state index contributed by atoms with van der Waals surface area (Å²) in [6, 6.07) is 7.05. The Balaban J connectivity index is 2.13. The van der Waals surface area contributed by atoms with Crippen LogP contribution in [-0.2, 0) is 0 Å². The number of aromatic amines is 1. The van der Waals surface area contributed by atoms with Crippen molar-refractivity contribution in [2.75, 3.05) is 0 Å². The molecule has 0 aliphatic rings. The monoisotopic (exact) mass is 334 g/mol. The Morgan fingerprint density at radius 3 is 2.89 bits per heavy atom. The number of H-pyrrole nitrogens is 1. The van der Waals surface area contributed by atoms with Crippen molar-refractivity contribution in [1.29, 1.82) is 0 Å². The van der Waals surface area contributed by atoms with Gasteiger partial charge in [0.25, 0.3) is 0 Å². The summed E-state index contributed by atoms with van der Waals surface area (Å²) in [5.41, 5.74) is 1.94. The predicted octanol–water partition coefficient (Wildman–Crippen LogP) is 4.21. The first-order valence-electron chi connectivity index (χ1n) is 5.57. The third kappa shape index (κ3) is 2.17. The number of halogens is 2. The number of fused-ring (bicyclic) bond motifs is 1. The van der Waals surface area contributed by atoms with Gasteiger partial charge in [0.15, 0.2) is 5.78 Å². The van der Waals surface area contributed by atoms with E-state index in [2.05, 4.69) is 25.9 Å². The molecule has 0 bridgehead atoms. The summed E-state index contributed by atoms with van der Waals surface area (Å²) in [4.78, 5) is 19.6. The number of hydrogen-bond donors (Lipinski definition) is 1. The molecule has 1 aromatic carbocycles. The molecule has 0 atom stereocenters. The van der Waals surface area contributed by atoms with E-state index in [0.717, 1.165) is 15.4 Å². The molecule has 0 fully saturated rings. The third-order valence-electron chi connectivity index (χ3n) is 2.90. The molecule has 0 spiro atoms. The second-order valence-corrected chi connectivity index (χ2v) is 5.40. The van der Waals surface area contributed by atoms with Crippen molar-refractivity contribution in [1.82, 2.24) is 9.97 Å². The van der Waals surface area contributed by atoms with Crippen LogP contribution in [0.4, 0.5) is 0 Å². The number of pyridine rings is 1.